The zero-order chi connectivity index (χ0) is 19.1. The van der Waals surface area contributed by atoms with Crippen LogP contribution in [0.25, 0.3) is 0 Å². The van der Waals surface area contributed by atoms with Crippen LogP contribution in [-0.4, -0.2) is 65.0 Å². The van der Waals surface area contributed by atoms with Gasteiger partial charge in [0.05, 0.1) is 0 Å². The van der Waals surface area contributed by atoms with Crippen LogP contribution in [0, 0.1) is 0 Å². The van der Waals surface area contributed by atoms with Gasteiger partial charge in [-0.1, -0.05) is 13.8 Å². The number of carbonyl (C=O) groups excluding carboxylic acids is 1. The van der Waals surface area contributed by atoms with Crippen molar-refractivity contribution >= 4 is 17.5 Å². The third-order valence-electron chi connectivity index (χ3n) is 4.72. The first kappa shape index (κ1) is 19.1. The zero-order valence-electron chi connectivity index (χ0n) is 16.2. The molecule has 1 fully saturated rings. The Kier molecular flexibility index (Phi) is 6.57. The summed E-state index contributed by atoms with van der Waals surface area (Å²) in [6.07, 6.45) is 7.39. The lowest BCUT2D eigenvalue weighted by atomic mass is 10.2. The van der Waals surface area contributed by atoms with Crippen molar-refractivity contribution in [3.8, 4) is 0 Å². The van der Waals surface area contributed by atoms with E-state index < -0.39 is 0 Å². The van der Waals surface area contributed by atoms with Crippen molar-refractivity contribution < 1.29 is 4.79 Å². The molecule has 0 aromatic carbocycles. The topological polar surface area (TPSA) is 65.5 Å². The standard InChI is InChI=1S/C20H28N6O/c1-3-10-24(11-4-2)17-6-9-21-18(16-17)19(27)25-12-14-26(15-13-25)20-22-7-5-8-23-20/h5-9,16H,3-4,10-15H2,1-2H3. The van der Waals surface area contributed by atoms with Gasteiger partial charge >= 0.3 is 0 Å². The zero-order valence-corrected chi connectivity index (χ0v) is 16.2. The molecule has 2 aromatic rings. The molecule has 0 N–H and O–H groups in total. The third kappa shape index (κ3) is 4.72. The molecule has 0 spiro atoms. The molecule has 3 heterocycles. The molecule has 3 rings (SSSR count). The molecule has 144 valence electrons. The van der Waals surface area contributed by atoms with E-state index in [2.05, 4.69) is 38.6 Å². The van der Waals surface area contributed by atoms with Gasteiger partial charge in [0.2, 0.25) is 5.95 Å². The molecule has 1 saturated heterocycles. The van der Waals surface area contributed by atoms with Gasteiger partial charge in [-0.05, 0) is 31.0 Å². The number of piperazine rings is 1. The largest absolute Gasteiger partial charge is 0.371 e. The molecular formula is C20H28N6O. The maximum Gasteiger partial charge on any atom is 0.272 e. The van der Waals surface area contributed by atoms with Crippen LogP contribution in [0.15, 0.2) is 36.8 Å². The summed E-state index contributed by atoms with van der Waals surface area (Å²) in [5.74, 6) is 0.720. The summed E-state index contributed by atoms with van der Waals surface area (Å²) in [4.78, 5) is 32.1. The summed E-state index contributed by atoms with van der Waals surface area (Å²) >= 11 is 0. The molecule has 7 nitrogen and oxygen atoms in total. The average Bonchev–Trinajstić information content (AvgIpc) is 2.74. The molecule has 7 heteroatoms. The highest BCUT2D eigenvalue weighted by atomic mass is 16.2. The third-order valence-corrected chi connectivity index (χ3v) is 4.72. The lowest BCUT2D eigenvalue weighted by Gasteiger charge is -2.34. The van der Waals surface area contributed by atoms with Crippen LogP contribution in [0.3, 0.4) is 0 Å². The average molecular weight is 368 g/mol. The second-order valence-corrected chi connectivity index (χ2v) is 6.71. The van der Waals surface area contributed by atoms with Crippen molar-refractivity contribution in [3.63, 3.8) is 0 Å². The van der Waals surface area contributed by atoms with Crippen LogP contribution in [-0.2, 0) is 0 Å². The van der Waals surface area contributed by atoms with Crippen molar-refractivity contribution in [2.24, 2.45) is 0 Å². The number of amides is 1. The summed E-state index contributed by atoms with van der Waals surface area (Å²) in [5, 5.41) is 0. The van der Waals surface area contributed by atoms with Gasteiger partial charge in [-0.3, -0.25) is 9.78 Å². The van der Waals surface area contributed by atoms with Gasteiger partial charge in [0, 0.05) is 63.5 Å². The van der Waals surface area contributed by atoms with E-state index in [1.54, 1.807) is 18.6 Å². The van der Waals surface area contributed by atoms with E-state index in [9.17, 15) is 4.79 Å². The van der Waals surface area contributed by atoms with E-state index in [0.29, 0.717) is 18.8 Å². The predicted molar refractivity (Wildman–Crippen MR) is 107 cm³/mol. The van der Waals surface area contributed by atoms with E-state index in [0.717, 1.165) is 50.7 Å². The van der Waals surface area contributed by atoms with Gasteiger partial charge < -0.3 is 14.7 Å². The summed E-state index contributed by atoms with van der Waals surface area (Å²) in [6.45, 7) is 9.08. The number of hydrogen-bond donors (Lipinski definition) is 0. The molecule has 1 aliphatic rings. The number of hydrogen-bond acceptors (Lipinski definition) is 6. The van der Waals surface area contributed by atoms with Crippen LogP contribution in [0.5, 0.6) is 0 Å². The van der Waals surface area contributed by atoms with E-state index in [4.69, 9.17) is 0 Å². The highest BCUT2D eigenvalue weighted by Gasteiger charge is 2.24. The SMILES string of the molecule is CCCN(CCC)c1ccnc(C(=O)N2CCN(c3ncccn3)CC2)c1. The van der Waals surface area contributed by atoms with Crippen LogP contribution < -0.4 is 9.80 Å². The van der Waals surface area contributed by atoms with Crippen molar-refractivity contribution in [2.45, 2.75) is 26.7 Å². The summed E-state index contributed by atoms with van der Waals surface area (Å²) < 4.78 is 0. The minimum absolute atomic E-state index is 0.00146. The highest BCUT2D eigenvalue weighted by Crippen LogP contribution is 2.18. The molecule has 0 atom stereocenters. The first-order valence-electron chi connectivity index (χ1n) is 9.75. The number of nitrogens with zero attached hydrogens (tertiary/aromatic N) is 6. The number of aromatic nitrogens is 3. The summed E-state index contributed by atoms with van der Waals surface area (Å²) in [5.41, 5.74) is 1.60. The Balaban J connectivity index is 1.65. The van der Waals surface area contributed by atoms with E-state index in [-0.39, 0.29) is 5.91 Å². The first-order chi connectivity index (χ1) is 13.2. The van der Waals surface area contributed by atoms with Gasteiger partial charge in [0.15, 0.2) is 0 Å². The van der Waals surface area contributed by atoms with Crippen LogP contribution in [0.1, 0.15) is 37.2 Å². The molecule has 2 aromatic heterocycles. The van der Waals surface area contributed by atoms with Crippen LogP contribution >= 0.6 is 0 Å². The molecule has 0 bridgehead atoms. The molecule has 1 aliphatic heterocycles. The Morgan fingerprint density at radius 1 is 1.00 bits per heavy atom. The monoisotopic (exact) mass is 368 g/mol. The first-order valence-corrected chi connectivity index (χ1v) is 9.75. The minimum Gasteiger partial charge on any atom is -0.371 e. The van der Waals surface area contributed by atoms with Crippen molar-refractivity contribution in [3.05, 3.63) is 42.5 Å². The van der Waals surface area contributed by atoms with Crippen molar-refractivity contribution in [2.75, 3.05) is 49.1 Å². The predicted octanol–water partition coefficient (Wildman–Crippen LogP) is 2.46. The molecule has 0 aliphatic carbocycles. The molecule has 27 heavy (non-hydrogen) atoms. The Morgan fingerprint density at radius 2 is 1.67 bits per heavy atom. The lowest BCUT2D eigenvalue weighted by molar-refractivity contribution is 0.0740. The second-order valence-electron chi connectivity index (χ2n) is 6.71. The van der Waals surface area contributed by atoms with Gasteiger partial charge in [0.25, 0.3) is 5.91 Å². The Bertz CT molecular complexity index is 724. The number of pyridine rings is 1. The van der Waals surface area contributed by atoms with E-state index >= 15 is 0 Å². The van der Waals surface area contributed by atoms with Crippen LogP contribution in [0.2, 0.25) is 0 Å². The Morgan fingerprint density at radius 3 is 2.30 bits per heavy atom. The Labute approximate surface area is 161 Å². The number of rotatable bonds is 7. The second kappa shape index (κ2) is 9.30. The maximum atomic E-state index is 12.9. The van der Waals surface area contributed by atoms with Crippen molar-refractivity contribution in [1.29, 1.82) is 0 Å². The summed E-state index contributed by atoms with van der Waals surface area (Å²) in [6, 6.07) is 5.73. The fourth-order valence-electron chi connectivity index (χ4n) is 3.37. The lowest BCUT2D eigenvalue weighted by Crippen LogP contribution is -2.49. The normalized spacial score (nSPS) is 14.3. The van der Waals surface area contributed by atoms with Crippen LogP contribution in [0.4, 0.5) is 11.6 Å². The number of carbonyl (C=O) groups is 1. The fourth-order valence-corrected chi connectivity index (χ4v) is 3.37. The number of anilines is 2. The molecule has 0 saturated carbocycles. The molecule has 0 radical (unpaired) electrons. The van der Waals surface area contributed by atoms with Crippen molar-refractivity contribution in [1.82, 2.24) is 19.9 Å². The fraction of sp³-hybridized carbons (Fsp3) is 0.500. The Hall–Kier alpha value is -2.70. The molecular weight excluding hydrogens is 340 g/mol. The minimum atomic E-state index is -0.00146. The summed E-state index contributed by atoms with van der Waals surface area (Å²) in [7, 11) is 0. The van der Waals surface area contributed by atoms with Gasteiger partial charge in [0.1, 0.15) is 5.69 Å². The molecule has 0 unspecified atom stereocenters. The highest BCUT2D eigenvalue weighted by molar-refractivity contribution is 5.93. The molecule has 1 amide bonds. The van der Waals surface area contributed by atoms with Gasteiger partial charge in [-0.2, -0.15) is 0 Å². The van der Waals surface area contributed by atoms with Gasteiger partial charge in [-0.15, -0.1) is 0 Å². The van der Waals surface area contributed by atoms with Gasteiger partial charge in [-0.25, -0.2) is 9.97 Å². The van der Waals surface area contributed by atoms with E-state index in [1.807, 2.05) is 23.1 Å². The van der Waals surface area contributed by atoms with E-state index in [1.165, 1.54) is 0 Å². The quantitative estimate of drug-likeness (QED) is 0.748. The smallest absolute Gasteiger partial charge is 0.272 e. The maximum absolute atomic E-state index is 12.9.